The van der Waals surface area contributed by atoms with E-state index >= 15 is 0 Å². The molecule has 2 amide bonds. The Kier molecular flexibility index (Phi) is 5.74. The lowest BCUT2D eigenvalue weighted by molar-refractivity contribution is -0.120. The molecule has 0 aromatic heterocycles. The first-order valence-corrected chi connectivity index (χ1v) is 10.3. The van der Waals surface area contributed by atoms with Gasteiger partial charge in [-0.2, -0.15) is 0 Å². The maximum absolute atomic E-state index is 12.4. The van der Waals surface area contributed by atoms with Gasteiger partial charge in [0.1, 0.15) is 0 Å². The van der Waals surface area contributed by atoms with Crippen LogP contribution in [-0.2, 0) is 9.59 Å². The molecule has 146 valence electrons. The van der Waals surface area contributed by atoms with Crippen LogP contribution in [0.2, 0.25) is 5.02 Å². The molecule has 3 N–H and O–H groups in total. The second-order valence-electron chi connectivity index (χ2n) is 6.56. The average Bonchev–Trinajstić information content (AvgIpc) is 2.71. The highest BCUT2D eigenvalue weighted by Crippen LogP contribution is 2.38. The molecule has 0 saturated carbocycles. The Morgan fingerprint density at radius 2 is 1.66 bits per heavy atom. The molecule has 0 spiro atoms. The van der Waals surface area contributed by atoms with E-state index in [2.05, 4.69) is 16.0 Å². The molecule has 1 unspecified atom stereocenters. The van der Waals surface area contributed by atoms with E-state index in [1.54, 1.807) is 12.1 Å². The largest absolute Gasteiger partial charge is 0.356 e. The van der Waals surface area contributed by atoms with Gasteiger partial charge in [0, 0.05) is 33.4 Å². The van der Waals surface area contributed by atoms with E-state index in [1.807, 2.05) is 60.7 Å². The molecule has 4 rings (SSSR count). The summed E-state index contributed by atoms with van der Waals surface area (Å²) in [5.74, 6) is -0.402. The Morgan fingerprint density at radius 1 is 0.966 bits per heavy atom. The molecule has 29 heavy (non-hydrogen) atoms. The lowest BCUT2D eigenvalue weighted by Gasteiger charge is -2.23. The molecule has 0 fully saturated rings. The maximum atomic E-state index is 12.4. The lowest BCUT2D eigenvalue weighted by atomic mass is 10.2. The van der Waals surface area contributed by atoms with Crippen LogP contribution in [0.4, 0.5) is 22.7 Å². The first kappa shape index (κ1) is 19.4. The zero-order chi connectivity index (χ0) is 20.2. The summed E-state index contributed by atoms with van der Waals surface area (Å²) in [4.78, 5) is 25.6. The van der Waals surface area contributed by atoms with Crippen molar-refractivity contribution in [1.29, 1.82) is 0 Å². The summed E-state index contributed by atoms with van der Waals surface area (Å²) < 4.78 is 0. The summed E-state index contributed by atoms with van der Waals surface area (Å²) in [7, 11) is 0. The van der Waals surface area contributed by atoms with Crippen LogP contribution in [0, 0.1) is 0 Å². The Balaban J connectivity index is 1.35. The third kappa shape index (κ3) is 4.91. The van der Waals surface area contributed by atoms with Gasteiger partial charge in [-0.25, -0.2) is 0 Å². The summed E-state index contributed by atoms with van der Waals surface area (Å²) in [6.45, 7) is 0. The van der Waals surface area contributed by atoms with Gasteiger partial charge in [0.15, 0.2) is 0 Å². The topological polar surface area (TPSA) is 70.2 Å². The number of benzene rings is 3. The number of carbonyl (C=O) groups excluding carboxylic acids is 2. The first-order valence-electron chi connectivity index (χ1n) is 9.06. The molecule has 0 radical (unpaired) electrons. The van der Waals surface area contributed by atoms with Crippen LogP contribution in [0.3, 0.4) is 0 Å². The molecule has 3 aromatic carbocycles. The van der Waals surface area contributed by atoms with Crippen LogP contribution < -0.4 is 16.0 Å². The van der Waals surface area contributed by atoms with Crippen molar-refractivity contribution in [3.05, 3.63) is 77.8 Å². The minimum absolute atomic E-state index is 0.0859. The Bertz CT molecular complexity index is 1040. The number of halogens is 1. The van der Waals surface area contributed by atoms with Crippen molar-refractivity contribution in [3.63, 3.8) is 0 Å². The van der Waals surface area contributed by atoms with Gasteiger partial charge < -0.3 is 16.0 Å². The second kappa shape index (κ2) is 8.59. The number of anilines is 4. The summed E-state index contributed by atoms with van der Waals surface area (Å²) in [5, 5.41) is 9.04. The third-order valence-electron chi connectivity index (χ3n) is 4.36. The number of nitrogens with one attached hydrogen (secondary N) is 3. The van der Waals surface area contributed by atoms with E-state index in [0.717, 1.165) is 16.3 Å². The van der Waals surface area contributed by atoms with Crippen molar-refractivity contribution in [3.8, 4) is 0 Å². The Hall–Kier alpha value is -2.96. The standard InChI is InChI=1S/C22H18ClN3O2S/c23-14-6-11-19-18(12-14)26-22(28)20(29-19)13-21(27)25-17-9-7-16(8-10-17)24-15-4-2-1-3-5-15/h1-12,20,24H,13H2,(H,25,27)(H,26,28). The summed E-state index contributed by atoms with van der Waals surface area (Å²) in [5.41, 5.74) is 3.28. The molecule has 1 aliphatic rings. The smallest absolute Gasteiger partial charge is 0.238 e. The minimum atomic E-state index is -0.484. The van der Waals surface area contributed by atoms with Crippen LogP contribution in [0.25, 0.3) is 0 Å². The van der Waals surface area contributed by atoms with E-state index in [4.69, 9.17) is 11.6 Å². The number of thioether (sulfide) groups is 1. The van der Waals surface area contributed by atoms with Gasteiger partial charge >= 0.3 is 0 Å². The molecule has 5 nitrogen and oxygen atoms in total. The van der Waals surface area contributed by atoms with E-state index in [0.29, 0.717) is 16.4 Å². The highest BCUT2D eigenvalue weighted by atomic mass is 35.5. The van der Waals surface area contributed by atoms with Crippen molar-refractivity contribution in [2.24, 2.45) is 0 Å². The molecule has 1 aliphatic heterocycles. The quantitative estimate of drug-likeness (QED) is 0.505. The van der Waals surface area contributed by atoms with Crippen LogP contribution in [-0.4, -0.2) is 17.1 Å². The zero-order valence-electron chi connectivity index (χ0n) is 15.3. The SMILES string of the molecule is O=C(CC1Sc2ccc(Cl)cc2NC1=O)Nc1ccc(Nc2ccccc2)cc1. The fourth-order valence-electron chi connectivity index (χ4n) is 2.96. The number of para-hydroxylation sites is 1. The molecule has 7 heteroatoms. The van der Waals surface area contributed by atoms with Crippen LogP contribution in [0.15, 0.2) is 77.7 Å². The minimum Gasteiger partial charge on any atom is -0.356 e. The highest BCUT2D eigenvalue weighted by Gasteiger charge is 2.29. The maximum Gasteiger partial charge on any atom is 0.238 e. The van der Waals surface area contributed by atoms with Crippen LogP contribution >= 0.6 is 23.4 Å². The molecule has 3 aromatic rings. The van der Waals surface area contributed by atoms with Gasteiger partial charge in [0.05, 0.1) is 10.9 Å². The number of amides is 2. The van der Waals surface area contributed by atoms with Gasteiger partial charge in [-0.15, -0.1) is 11.8 Å². The number of rotatable bonds is 5. The molecule has 0 bridgehead atoms. The number of fused-ring (bicyclic) bond motifs is 1. The van der Waals surface area contributed by atoms with E-state index < -0.39 is 5.25 Å². The van der Waals surface area contributed by atoms with E-state index in [-0.39, 0.29) is 18.2 Å². The van der Waals surface area contributed by atoms with Gasteiger partial charge in [-0.05, 0) is 54.6 Å². The van der Waals surface area contributed by atoms with Crippen molar-refractivity contribution in [2.45, 2.75) is 16.6 Å². The van der Waals surface area contributed by atoms with Gasteiger partial charge in [-0.3, -0.25) is 9.59 Å². The average molecular weight is 424 g/mol. The second-order valence-corrected chi connectivity index (χ2v) is 8.24. The molecular weight excluding hydrogens is 406 g/mol. The number of hydrogen-bond donors (Lipinski definition) is 3. The molecule has 0 saturated heterocycles. The van der Waals surface area contributed by atoms with Crippen molar-refractivity contribution >= 4 is 57.9 Å². The van der Waals surface area contributed by atoms with Gasteiger partial charge in [0.2, 0.25) is 11.8 Å². The fraction of sp³-hybridized carbons (Fsp3) is 0.0909. The Labute approximate surface area is 177 Å². The number of carbonyl (C=O) groups is 2. The van der Waals surface area contributed by atoms with Gasteiger partial charge in [0.25, 0.3) is 0 Å². The summed E-state index contributed by atoms with van der Waals surface area (Å²) in [6, 6.07) is 22.6. The van der Waals surface area contributed by atoms with Crippen molar-refractivity contribution < 1.29 is 9.59 Å². The molecule has 1 atom stereocenters. The van der Waals surface area contributed by atoms with Crippen LogP contribution in [0.1, 0.15) is 6.42 Å². The zero-order valence-corrected chi connectivity index (χ0v) is 16.9. The fourth-order valence-corrected chi connectivity index (χ4v) is 4.23. The van der Waals surface area contributed by atoms with Crippen molar-refractivity contribution in [2.75, 3.05) is 16.0 Å². The third-order valence-corrected chi connectivity index (χ3v) is 5.87. The normalized spacial score (nSPS) is 15.2. The lowest BCUT2D eigenvalue weighted by Crippen LogP contribution is -2.32. The Morgan fingerprint density at radius 3 is 2.41 bits per heavy atom. The predicted molar refractivity (Wildman–Crippen MR) is 119 cm³/mol. The van der Waals surface area contributed by atoms with Crippen molar-refractivity contribution in [1.82, 2.24) is 0 Å². The molecular formula is C22H18ClN3O2S. The highest BCUT2D eigenvalue weighted by molar-refractivity contribution is 8.01. The summed E-state index contributed by atoms with van der Waals surface area (Å²) in [6.07, 6.45) is 0.0859. The summed E-state index contributed by atoms with van der Waals surface area (Å²) >= 11 is 7.34. The molecule has 1 heterocycles. The van der Waals surface area contributed by atoms with E-state index in [9.17, 15) is 9.59 Å². The monoisotopic (exact) mass is 423 g/mol. The van der Waals surface area contributed by atoms with E-state index in [1.165, 1.54) is 11.8 Å². The van der Waals surface area contributed by atoms with Crippen LogP contribution in [0.5, 0.6) is 0 Å². The van der Waals surface area contributed by atoms with Gasteiger partial charge in [-0.1, -0.05) is 29.8 Å². The molecule has 0 aliphatic carbocycles. The first-order chi connectivity index (χ1) is 14.1. The number of hydrogen-bond acceptors (Lipinski definition) is 4. The predicted octanol–water partition coefficient (Wildman–Crippen LogP) is 5.53.